The highest BCUT2D eigenvalue weighted by atomic mass is 19.1. The first-order valence-corrected chi connectivity index (χ1v) is 8.89. The minimum atomic E-state index is -0.411. The van der Waals surface area contributed by atoms with E-state index in [9.17, 15) is 14.0 Å². The number of fused-ring (bicyclic) bond motifs is 3. The molecule has 0 saturated heterocycles. The van der Waals surface area contributed by atoms with Crippen molar-refractivity contribution >= 4 is 23.0 Å². The number of benzene rings is 2. The summed E-state index contributed by atoms with van der Waals surface area (Å²) in [5, 5.41) is 0. The normalized spacial score (nSPS) is 24.1. The van der Waals surface area contributed by atoms with Crippen molar-refractivity contribution in [3.8, 4) is 0 Å². The van der Waals surface area contributed by atoms with E-state index >= 15 is 0 Å². The molecule has 2 aromatic carbocycles. The topological polar surface area (TPSA) is 46.5 Å². The van der Waals surface area contributed by atoms with E-state index in [1.807, 2.05) is 24.3 Å². The average Bonchev–Trinajstić information content (AvgIpc) is 2.94. The van der Waals surface area contributed by atoms with Gasteiger partial charge in [-0.05, 0) is 30.5 Å². The second kappa shape index (κ2) is 5.56. The first kappa shape index (κ1) is 15.4. The Balaban J connectivity index is 1.75. The summed E-state index contributed by atoms with van der Waals surface area (Å²) in [5.74, 6) is -1.06. The van der Waals surface area contributed by atoms with Gasteiger partial charge in [0.2, 0.25) is 0 Å². The third-order valence-corrected chi connectivity index (χ3v) is 5.62. The zero-order valence-corrected chi connectivity index (χ0v) is 14.0. The third-order valence-electron chi connectivity index (χ3n) is 5.62. The van der Waals surface area contributed by atoms with Gasteiger partial charge in [-0.2, -0.15) is 0 Å². The molecule has 1 fully saturated rings. The van der Waals surface area contributed by atoms with Crippen LogP contribution >= 0.6 is 0 Å². The fraction of sp³-hybridized carbons (Fsp3) is 0.227. The number of hydrogen-bond acceptors (Lipinski definition) is 3. The van der Waals surface area contributed by atoms with Gasteiger partial charge in [-0.25, -0.2) is 4.39 Å². The largest absolute Gasteiger partial charge is 0.299 e. The van der Waals surface area contributed by atoms with E-state index in [4.69, 9.17) is 4.99 Å². The van der Waals surface area contributed by atoms with E-state index in [2.05, 4.69) is 0 Å². The predicted molar refractivity (Wildman–Crippen MR) is 96.6 cm³/mol. The van der Waals surface area contributed by atoms with Crippen LogP contribution < -0.4 is 0 Å². The lowest BCUT2D eigenvalue weighted by atomic mass is 9.69. The van der Waals surface area contributed by atoms with E-state index < -0.39 is 5.92 Å². The van der Waals surface area contributed by atoms with E-state index in [1.54, 1.807) is 12.1 Å². The maximum atomic E-state index is 13.5. The van der Waals surface area contributed by atoms with Crippen molar-refractivity contribution in [3.63, 3.8) is 0 Å². The molecule has 0 radical (unpaired) electrons. The molecule has 3 nitrogen and oxygen atoms in total. The number of allylic oxidation sites excluding steroid dienone is 1. The zero-order chi connectivity index (χ0) is 17.8. The molecular formula is C22H16FNO2. The van der Waals surface area contributed by atoms with Crippen molar-refractivity contribution in [2.75, 3.05) is 0 Å². The minimum Gasteiger partial charge on any atom is -0.299 e. The Kier molecular flexibility index (Phi) is 3.29. The van der Waals surface area contributed by atoms with Crippen LogP contribution in [-0.4, -0.2) is 17.3 Å². The van der Waals surface area contributed by atoms with Gasteiger partial charge in [-0.3, -0.25) is 14.6 Å². The van der Waals surface area contributed by atoms with E-state index in [0.717, 1.165) is 29.7 Å². The van der Waals surface area contributed by atoms with Gasteiger partial charge in [-0.15, -0.1) is 0 Å². The molecule has 1 unspecified atom stereocenters. The van der Waals surface area contributed by atoms with Crippen LogP contribution in [-0.2, 0) is 4.79 Å². The second-order valence-electron chi connectivity index (χ2n) is 7.07. The first-order chi connectivity index (χ1) is 12.6. The van der Waals surface area contributed by atoms with Crippen molar-refractivity contribution in [3.05, 3.63) is 76.6 Å². The number of halogens is 1. The highest BCUT2D eigenvalue weighted by Crippen LogP contribution is 2.49. The summed E-state index contributed by atoms with van der Waals surface area (Å²) in [6.45, 7) is 0. The fourth-order valence-corrected chi connectivity index (χ4v) is 4.48. The maximum absolute atomic E-state index is 13.5. The third kappa shape index (κ3) is 2.08. The van der Waals surface area contributed by atoms with Crippen LogP contribution in [0.3, 0.4) is 0 Å². The van der Waals surface area contributed by atoms with Crippen LogP contribution in [0.2, 0.25) is 0 Å². The molecular weight excluding hydrogens is 329 g/mol. The molecule has 1 heterocycles. The number of Topliss-reactive ketones (excluding diaryl/α,β-unsaturated/α-hetero) is 2. The van der Waals surface area contributed by atoms with Gasteiger partial charge in [0.05, 0.1) is 11.6 Å². The molecule has 0 N–H and O–H groups in total. The lowest BCUT2D eigenvalue weighted by Gasteiger charge is -2.34. The monoisotopic (exact) mass is 345 g/mol. The average molecular weight is 345 g/mol. The van der Waals surface area contributed by atoms with Gasteiger partial charge >= 0.3 is 0 Å². The van der Waals surface area contributed by atoms with Gasteiger partial charge in [0.15, 0.2) is 5.78 Å². The molecule has 0 spiro atoms. The molecule has 0 amide bonds. The van der Waals surface area contributed by atoms with Crippen molar-refractivity contribution in [2.24, 2.45) is 10.9 Å². The predicted octanol–water partition coefficient (Wildman–Crippen LogP) is 4.34. The molecule has 2 atom stereocenters. The molecule has 2 aliphatic carbocycles. The Labute approximate surface area is 150 Å². The van der Waals surface area contributed by atoms with E-state index in [-0.39, 0.29) is 23.3 Å². The highest BCUT2D eigenvalue weighted by Gasteiger charge is 2.46. The van der Waals surface area contributed by atoms with Crippen molar-refractivity contribution in [1.29, 1.82) is 0 Å². The van der Waals surface area contributed by atoms with Crippen LogP contribution in [0.5, 0.6) is 0 Å². The second-order valence-corrected chi connectivity index (χ2v) is 7.07. The Morgan fingerprint density at radius 2 is 1.62 bits per heavy atom. The number of rotatable bonds is 1. The van der Waals surface area contributed by atoms with Crippen molar-refractivity contribution in [2.45, 2.75) is 25.2 Å². The van der Waals surface area contributed by atoms with Crippen LogP contribution in [0.4, 0.5) is 4.39 Å². The summed E-state index contributed by atoms with van der Waals surface area (Å²) in [7, 11) is 0. The molecule has 128 valence electrons. The highest BCUT2D eigenvalue weighted by molar-refractivity contribution is 6.25. The standard InChI is InChI=1S/C22H16FNO2/c23-13-10-8-12(9-11-13)18-19-16(6-3-7-17(19)25)24-21-14-4-1-2-5-15(14)22(26)20(18)21/h1-2,4-5,8-11,18-19H,3,6-7H2/t18-,19?/m0/s1. The summed E-state index contributed by atoms with van der Waals surface area (Å²) in [6.07, 6.45) is 2.06. The van der Waals surface area contributed by atoms with Crippen molar-refractivity contribution in [1.82, 2.24) is 0 Å². The molecule has 5 rings (SSSR count). The SMILES string of the molecule is O=C1C2=C(N=C3CCCC(=O)C3[C@@H]2c2ccc(F)cc2)c2ccccc21. The lowest BCUT2D eigenvalue weighted by molar-refractivity contribution is -0.121. The quantitative estimate of drug-likeness (QED) is 0.772. The summed E-state index contributed by atoms with van der Waals surface area (Å²) < 4.78 is 13.5. The molecule has 1 saturated carbocycles. The molecule has 0 bridgehead atoms. The van der Waals surface area contributed by atoms with Gasteiger partial charge in [-0.1, -0.05) is 36.4 Å². The van der Waals surface area contributed by atoms with E-state index in [1.165, 1.54) is 12.1 Å². The zero-order valence-electron chi connectivity index (χ0n) is 14.0. The molecule has 3 aliphatic rings. The number of ketones is 2. The number of carbonyl (C=O) groups excluding carboxylic acids is 2. The minimum absolute atomic E-state index is 0.0638. The maximum Gasteiger partial charge on any atom is 0.192 e. The lowest BCUT2D eigenvalue weighted by Crippen LogP contribution is -2.37. The Morgan fingerprint density at radius 3 is 2.38 bits per heavy atom. The molecule has 4 heteroatoms. The molecule has 0 aromatic heterocycles. The van der Waals surface area contributed by atoms with Gasteiger partial charge in [0.25, 0.3) is 0 Å². The van der Waals surface area contributed by atoms with Crippen LogP contribution in [0, 0.1) is 11.7 Å². The van der Waals surface area contributed by atoms with Crippen LogP contribution in [0.1, 0.15) is 46.7 Å². The first-order valence-electron chi connectivity index (χ1n) is 8.89. The van der Waals surface area contributed by atoms with Gasteiger partial charge in [0.1, 0.15) is 11.6 Å². The Hall–Kier alpha value is -2.88. The van der Waals surface area contributed by atoms with Crippen LogP contribution in [0.15, 0.2) is 59.1 Å². The number of nitrogens with zero attached hydrogens (tertiary/aromatic N) is 1. The van der Waals surface area contributed by atoms with Crippen molar-refractivity contribution < 1.29 is 14.0 Å². The smallest absolute Gasteiger partial charge is 0.192 e. The van der Waals surface area contributed by atoms with Gasteiger partial charge < -0.3 is 0 Å². The summed E-state index contributed by atoms with van der Waals surface area (Å²) in [5.41, 5.74) is 4.41. The molecule has 1 aliphatic heterocycles. The summed E-state index contributed by atoms with van der Waals surface area (Å²) in [4.78, 5) is 30.7. The summed E-state index contributed by atoms with van der Waals surface area (Å²) >= 11 is 0. The van der Waals surface area contributed by atoms with Crippen LogP contribution in [0.25, 0.3) is 5.70 Å². The molecule has 26 heavy (non-hydrogen) atoms. The number of hydrogen-bond donors (Lipinski definition) is 0. The summed E-state index contributed by atoms with van der Waals surface area (Å²) in [6, 6.07) is 13.6. The van der Waals surface area contributed by atoms with E-state index in [0.29, 0.717) is 23.3 Å². The fourth-order valence-electron chi connectivity index (χ4n) is 4.48. The number of aliphatic imine (C=N–C) groups is 1. The van der Waals surface area contributed by atoms with Gasteiger partial charge in [0, 0.05) is 34.8 Å². The Morgan fingerprint density at radius 1 is 0.885 bits per heavy atom. The Bertz CT molecular complexity index is 1020. The molecule has 2 aromatic rings. The number of carbonyl (C=O) groups is 2.